The van der Waals surface area contributed by atoms with Crippen molar-refractivity contribution >= 4 is 7.60 Å². The van der Waals surface area contributed by atoms with E-state index in [9.17, 15) is 4.57 Å². The summed E-state index contributed by atoms with van der Waals surface area (Å²) in [6.45, 7) is 0. The molecular weight excluding hydrogens is 189 g/mol. The average Bonchev–Trinajstić information content (AvgIpc) is 2.45. The van der Waals surface area contributed by atoms with Gasteiger partial charge in [0.2, 0.25) is 0 Å². The maximum Gasteiger partial charge on any atom is 0.342 e. The van der Waals surface area contributed by atoms with Gasteiger partial charge in [0, 0.05) is 6.04 Å². The van der Waals surface area contributed by atoms with Crippen LogP contribution in [-0.4, -0.2) is 21.6 Å². The number of nitrogens with one attached hydrogen (secondary N) is 1. The van der Waals surface area contributed by atoms with Gasteiger partial charge < -0.3 is 15.1 Å². The number of rotatable bonds is 1. The van der Waals surface area contributed by atoms with Gasteiger partial charge in [0.05, 0.1) is 0 Å². The molecule has 2 aliphatic rings. The van der Waals surface area contributed by atoms with Gasteiger partial charge in [0.1, 0.15) is 5.78 Å². The smallest absolute Gasteiger partial charge is 0.323 e. The first-order valence-corrected chi connectivity index (χ1v) is 6.57. The van der Waals surface area contributed by atoms with Crippen molar-refractivity contribution in [1.29, 1.82) is 0 Å². The van der Waals surface area contributed by atoms with Crippen LogP contribution in [0.5, 0.6) is 0 Å². The molecule has 1 heterocycles. The van der Waals surface area contributed by atoms with E-state index in [1.165, 1.54) is 12.8 Å². The topological polar surface area (TPSA) is 69.6 Å². The zero-order valence-electron chi connectivity index (χ0n) is 7.52. The fraction of sp³-hybridized carbons (Fsp3) is 1.00. The Morgan fingerprint density at radius 1 is 1.23 bits per heavy atom. The van der Waals surface area contributed by atoms with Crippen LogP contribution >= 0.6 is 7.60 Å². The minimum Gasteiger partial charge on any atom is -0.323 e. The lowest BCUT2D eigenvalue weighted by molar-refractivity contribution is 0.325. The summed E-state index contributed by atoms with van der Waals surface area (Å²) in [6.07, 6.45) is 5.29. The summed E-state index contributed by atoms with van der Waals surface area (Å²) >= 11 is 0. The zero-order chi connectivity index (χ0) is 9.47. The standard InChI is InChI=1S/C8H16NO3P/c10-13(11,12)8-5-6-3-1-2-4-7(6)9-8/h6-9H,1-5H2,(H2,10,11,12)/t6-,7-,8-/m1/s1. The van der Waals surface area contributed by atoms with Gasteiger partial charge in [-0.3, -0.25) is 4.57 Å². The molecule has 0 unspecified atom stereocenters. The van der Waals surface area contributed by atoms with Crippen molar-refractivity contribution in [2.24, 2.45) is 5.92 Å². The van der Waals surface area contributed by atoms with Gasteiger partial charge in [-0.15, -0.1) is 0 Å². The van der Waals surface area contributed by atoms with E-state index in [1.807, 2.05) is 0 Å². The summed E-state index contributed by atoms with van der Waals surface area (Å²) in [5, 5.41) is 3.07. The Balaban J connectivity index is 2.03. The maximum atomic E-state index is 11.0. The Bertz CT molecular complexity index is 226. The number of hydrogen-bond acceptors (Lipinski definition) is 2. The highest BCUT2D eigenvalue weighted by Crippen LogP contribution is 2.48. The molecule has 1 saturated carbocycles. The molecule has 0 amide bonds. The highest BCUT2D eigenvalue weighted by molar-refractivity contribution is 7.52. The molecule has 2 rings (SSSR count). The highest BCUT2D eigenvalue weighted by Gasteiger charge is 2.42. The molecule has 3 atom stereocenters. The van der Waals surface area contributed by atoms with Crippen LogP contribution in [0, 0.1) is 5.92 Å². The van der Waals surface area contributed by atoms with Crippen LogP contribution in [0.15, 0.2) is 0 Å². The predicted octanol–water partition coefficient (Wildman–Crippen LogP) is 1.04. The molecule has 2 fully saturated rings. The van der Waals surface area contributed by atoms with E-state index in [-0.39, 0.29) is 0 Å². The second kappa shape index (κ2) is 3.35. The number of hydrogen-bond donors (Lipinski definition) is 3. The first-order chi connectivity index (χ1) is 6.07. The van der Waals surface area contributed by atoms with Gasteiger partial charge in [-0.1, -0.05) is 12.8 Å². The molecule has 0 bridgehead atoms. The second-order valence-electron chi connectivity index (χ2n) is 4.16. The largest absolute Gasteiger partial charge is 0.342 e. The molecule has 1 aliphatic heterocycles. The third-order valence-corrected chi connectivity index (χ3v) is 4.42. The van der Waals surface area contributed by atoms with E-state index in [0.29, 0.717) is 18.4 Å². The van der Waals surface area contributed by atoms with Crippen LogP contribution in [0.4, 0.5) is 0 Å². The molecule has 0 aromatic heterocycles. The van der Waals surface area contributed by atoms with E-state index in [4.69, 9.17) is 9.79 Å². The Morgan fingerprint density at radius 2 is 1.92 bits per heavy atom. The first kappa shape index (κ1) is 9.66. The third-order valence-electron chi connectivity index (χ3n) is 3.25. The molecule has 13 heavy (non-hydrogen) atoms. The minimum absolute atomic E-state index is 0.367. The quantitative estimate of drug-likeness (QED) is 0.559. The molecule has 0 spiro atoms. The van der Waals surface area contributed by atoms with Crippen LogP contribution in [-0.2, 0) is 4.57 Å². The molecule has 1 aliphatic carbocycles. The lowest BCUT2D eigenvalue weighted by Gasteiger charge is -2.24. The van der Waals surface area contributed by atoms with Crippen LogP contribution in [0.3, 0.4) is 0 Å². The summed E-state index contributed by atoms with van der Waals surface area (Å²) < 4.78 is 11.0. The van der Waals surface area contributed by atoms with E-state index < -0.39 is 13.4 Å². The van der Waals surface area contributed by atoms with Gasteiger partial charge in [0.15, 0.2) is 0 Å². The fourth-order valence-corrected chi connectivity index (χ4v) is 3.48. The molecule has 5 heteroatoms. The van der Waals surface area contributed by atoms with Gasteiger partial charge in [-0.05, 0) is 25.2 Å². The number of fused-ring (bicyclic) bond motifs is 1. The minimum atomic E-state index is -3.90. The third kappa shape index (κ3) is 1.96. The monoisotopic (exact) mass is 205 g/mol. The molecule has 4 nitrogen and oxygen atoms in total. The summed E-state index contributed by atoms with van der Waals surface area (Å²) in [4.78, 5) is 18.0. The fourth-order valence-electron chi connectivity index (χ4n) is 2.55. The molecule has 0 aromatic rings. The van der Waals surface area contributed by atoms with E-state index in [1.54, 1.807) is 0 Å². The molecule has 76 valence electrons. The maximum absolute atomic E-state index is 11.0. The van der Waals surface area contributed by atoms with Crippen LogP contribution < -0.4 is 5.32 Å². The average molecular weight is 205 g/mol. The Hall–Kier alpha value is 0.110. The van der Waals surface area contributed by atoms with Crippen molar-refractivity contribution in [3.05, 3.63) is 0 Å². The zero-order valence-corrected chi connectivity index (χ0v) is 8.41. The Labute approximate surface area is 77.9 Å². The molecule has 0 radical (unpaired) electrons. The van der Waals surface area contributed by atoms with Gasteiger partial charge in [-0.25, -0.2) is 0 Å². The van der Waals surface area contributed by atoms with Gasteiger partial charge in [-0.2, -0.15) is 0 Å². The van der Waals surface area contributed by atoms with Crippen molar-refractivity contribution in [3.8, 4) is 0 Å². The van der Waals surface area contributed by atoms with Crippen molar-refractivity contribution in [1.82, 2.24) is 5.32 Å². The Kier molecular flexibility index (Phi) is 2.49. The summed E-state index contributed by atoms with van der Waals surface area (Å²) in [5.74, 6) is -0.0630. The highest BCUT2D eigenvalue weighted by atomic mass is 31.2. The van der Waals surface area contributed by atoms with E-state index in [0.717, 1.165) is 12.8 Å². The van der Waals surface area contributed by atoms with Crippen molar-refractivity contribution in [2.45, 2.75) is 43.9 Å². The molecule has 3 N–H and O–H groups in total. The first-order valence-electron chi connectivity index (χ1n) is 4.88. The van der Waals surface area contributed by atoms with Crippen LogP contribution in [0.1, 0.15) is 32.1 Å². The summed E-state index contributed by atoms with van der Waals surface area (Å²) in [6, 6.07) is 0.367. The molecule has 0 aromatic carbocycles. The molecule has 1 saturated heterocycles. The van der Waals surface area contributed by atoms with Crippen molar-refractivity contribution in [2.75, 3.05) is 0 Å². The van der Waals surface area contributed by atoms with Crippen LogP contribution in [0.25, 0.3) is 0 Å². The Morgan fingerprint density at radius 3 is 2.54 bits per heavy atom. The lowest BCUT2D eigenvalue weighted by atomic mass is 9.86. The lowest BCUT2D eigenvalue weighted by Crippen LogP contribution is -2.32. The van der Waals surface area contributed by atoms with Gasteiger partial charge in [0.25, 0.3) is 0 Å². The molecular formula is C8H16NO3P. The van der Waals surface area contributed by atoms with Gasteiger partial charge >= 0.3 is 7.60 Å². The summed E-state index contributed by atoms with van der Waals surface area (Å²) in [7, 11) is -3.90. The van der Waals surface area contributed by atoms with Crippen molar-refractivity contribution in [3.63, 3.8) is 0 Å². The SMILES string of the molecule is O=P(O)(O)[C@@H]1C[C@H]2CCCC[C@H]2N1. The summed E-state index contributed by atoms with van der Waals surface area (Å²) in [5.41, 5.74) is 0. The van der Waals surface area contributed by atoms with E-state index >= 15 is 0 Å². The van der Waals surface area contributed by atoms with E-state index in [2.05, 4.69) is 5.32 Å². The van der Waals surface area contributed by atoms with Crippen molar-refractivity contribution < 1.29 is 14.4 Å². The normalized spacial score (nSPS) is 40.3. The second-order valence-corrected chi connectivity index (χ2v) is 5.96. The predicted molar refractivity (Wildman–Crippen MR) is 49.3 cm³/mol. The van der Waals surface area contributed by atoms with Crippen LogP contribution in [0.2, 0.25) is 0 Å².